The molecule has 0 saturated carbocycles. The summed E-state index contributed by atoms with van der Waals surface area (Å²) in [6.45, 7) is 1.57. The molecule has 2 atom stereocenters. The van der Waals surface area contributed by atoms with Gasteiger partial charge in [0.1, 0.15) is 12.1 Å². The molecule has 174 valence electrons. The Bertz CT molecular complexity index is 1150. The molecule has 0 bridgehead atoms. The average Bonchev–Trinajstić information content (AvgIpc) is 3.30. The summed E-state index contributed by atoms with van der Waals surface area (Å²) in [6.07, 6.45) is 0.671. The molecule has 0 aliphatic carbocycles. The van der Waals surface area contributed by atoms with Crippen molar-refractivity contribution in [2.24, 2.45) is 0 Å². The fourth-order valence-electron chi connectivity index (χ4n) is 4.58. The van der Waals surface area contributed by atoms with E-state index in [0.717, 1.165) is 10.5 Å². The highest BCUT2D eigenvalue weighted by molar-refractivity contribution is 7.91. The lowest BCUT2D eigenvalue weighted by molar-refractivity contribution is -0.140. The number of benzene rings is 2. The molecule has 0 spiro atoms. The van der Waals surface area contributed by atoms with Gasteiger partial charge in [-0.2, -0.15) is 0 Å². The molecule has 2 aromatic carbocycles. The molecular formula is C24H27N3O5S. The van der Waals surface area contributed by atoms with E-state index in [0.29, 0.717) is 18.4 Å². The Balaban J connectivity index is 1.58. The van der Waals surface area contributed by atoms with Crippen molar-refractivity contribution in [2.75, 3.05) is 18.1 Å². The first-order valence-electron chi connectivity index (χ1n) is 11.0. The minimum Gasteiger partial charge on any atom is -0.333 e. The van der Waals surface area contributed by atoms with E-state index in [-0.39, 0.29) is 18.1 Å². The Kier molecular flexibility index (Phi) is 6.25. The standard InChI is InChI=1S/C24H27N3O5S/c1-2-24(19-11-7-4-8-12-19)22(29)27(23(30)25-24)16-21(28)26(15-18-9-5-3-6-10-18)20-13-14-33(31,32)17-20/h3-12,20H,2,13-17H2,1H3,(H,25,30)/t20-,24+/m1/s1. The molecule has 2 aromatic rings. The van der Waals surface area contributed by atoms with Gasteiger partial charge in [-0.25, -0.2) is 13.2 Å². The van der Waals surface area contributed by atoms with Gasteiger partial charge in [-0.05, 0) is 24.0 Å². The lowest BCUT2D eigenvalue weighted by Crippen LogP contribution is -2.48. The van der Waals surface area contributed by atoms with Gasteiger partial charge in [0.15, 0.2) is 9.84 Å². The van der Waals surface area contributed by atoms with Gasteiger partial charge in [-0.1, -0.05) is 67.6 Å². The zero-order valence-corrected chi connectivity index (χ0v) is 19.3. The summed E-state index contributed by atoms with van der Waals surface area (Å²) >= 11 is 0. The number of nitrogens with one attached hydrogen (secondary N) is 1. The number of amides is 4. The van der Waals surface area contributed by atoms with E-state index in [2.05, 4.69) is 5.32 Å². The van der Waals surface area contributed by atoms with Crippen molar-refractivity contribution >= 4 is 27.7 Å². The van der Waals surface area contributed by atoms with Crippen LogP contribution in [0.5, 0.6) is 0 Å². The first-order chi connectivity index (χ1) is 15.8. The molecule has 0 aromatic heterocycles. The minimum atomic E-state index is -3.23. The highest BCUT2D eigenvalue weighted by atomic mass is 32.2. The SMILES string of the molecule is CC[C@@]1(c2ccccc2)NC(=O)N(CC(=O)N(Cc2ccccc2)[C@@H]2CCS(=O)(=O)C2)C1=O. The van der Waals surface area contributed by atoms with Gasteiger partial charge in [0.05, 0.1) is 11.5 Å². The van der Waals surface area contributed by atoms with Crippen molar-refractivity contribution in [2.45, 2.75) is 37.9 Å². The Morgan fingerprint density at radius 1 is 1.09 bits per heavy atom. The summed E-state index contributed by atoms with van der Waals surface area (Å²) in [5.74, 6) is -1.03. The first-order valence-corrected chi connectivity index (χ1v) is 12.8. The summed E-state index contributed by atoms with van der Waals surface area (Å²) in [5, 5.41) is 2.78. The average molecular weight is 470 g/mol. The van der Waals surface area contributed by atoms with E-state index in [1.54, 1.807) is 24.3 Å². The summed E-state index contributed by atoms with van der Waals surface area (Å²) < 4.78 is 24.2. The highest BCUT2D eigenvalue weighted by Crippen LogP contribution is 2.32. The predicted octanol–water partition coefficient (Wildman–Crippen LogP) is 2.06. The van der Waals surface area contributed by atoms with E-state index < -0.39 is 45.8 Å². The number of hydrogen-bond donors (Lipinski definition) is 1. The molecule has 4 rings (SSSR count). The minimum absolute atomic E-state index is 0.0202. The topological polar surface area (TPSA) is 104 Å². The smallest absolute Gasteiger partial charge is 0.325 e. The Morgan fingerprint density at radius 3 is 2.30 bits per heavy atom. The number of sulfone groups is 1. The van der Waals surface area contributed by atoms with Gasteiger partial charge in [0.25, 0.3) is 5.91 Å². The van der Waals surface area contributed by atoms with E-state index in [1.807, 2.05) is 43.3 Å². The Hall–Kier alpha value is -3.20. The molecule has 1 N–H and O–H groups in total. The van der Waals surface area contributed by atoms with Crippen LogP contribution in [0.4, 0.5) is 4.79 Å². The third kappa shape index (κ3) is 4.50. The van der Waals surface area contributed by atoms with Crippen LogP contribution >= 0.6 is 0 Å². The third-order valence-electron chi connectivity index (χ3n) is 6.43. The molecule has 0 unspecified atom stereocenters. The van der Waals surface area contributed by atoms with Gasteiger partial charge < -0.3 is 10.2 Å². The Labute approximate surface area is 193 Å². The molecular weight excluding hydrogens is 442 g/mol. The van der Waals surface area contributed by atoms with Crippen LogP contribution in [0.2, 0.25) is 0 Å². The van der Waals surface area contributed by atoms with Crippen LogP contribution in [-0.2, 0) is 31.5 Å². The van der Waals surface area contributed by atoms with Gasteiger partial charge in [-0.3, -0.25) is 14.5 Å². The Morgan fingerprint density at radius 2 is 1.73 bits per heavy atom. The fourth-order valence-corrected chi connectivity index (χ4v) is 6.31. The number of urea groups is 1. The van der Waals surface area contributed by atoms with E-state index in [1.165, 1.54) is 4.90 Å². The molecule has 9 heteroatoms. The van der Waals surface area contributed by atoms with Crippen LogP contribution in [0.15, 0.2) is 60.7 Å². The van der Waals surface area contributed by atoms with Crippen molar-refractivity contribution in [3.63, 3.8) is 0 Å². The lowest BCUT2D eigenvalue weighted by Gasteiger charge is -2.30. The number of imide groups is 1. The number of carbonyl (C=O) groups is 3. The number of carbonyl (C=O) groups excluding carboxylic acids is 3. The van der Waals surface area contributed by atoms with Gasteiger partial charge in [0.2, 0.25) is 5.91 Å². The maximum atomic E-state index is 13.4. The normalized spacial score (nSPS) is 24.0. The fraction of sp³-hybridized carbons (Fsp3) is 0.375. The van der Waals surface area contributed by atoms with Gasteiger partial charge in [-0.15, -0.1) is 0 Å². The van der Waals surface area contributed by atoms with E-state index in [9.17, 15) is 22.8 Å². The maximum absolute atomic E-state index is 13.4. The van der Waals surface area contributed by atoms with Crippen LogP contribution < -0.4 is 5.32 Å². The molecule has 2 saturated heterocycles. The van der Waals surface area contributed by atoms with Crippen molar-refractivity contribution in [1.82, 2.24) is 15.1 Å². The highest BCUT2D eigenvalue weighted by Gasteiger charge is 2.52. The molecule has 33 heavy (non-hydrogen) atoms. The second-order valence-corrected chi connectivity index (χ2v) is 10.7. The molecule has 2 heterocycles. The van der Waals surface area contributed by atoms with Crippen molar-refractivity contribution in [3.8, 4) is 0 Å². The third-order valence-corrected chi connectivity index (χ3v) is 8.18. The second-order valence-electron chi connectivity index (χ2n) is 8.51. The molecule has 8 nitrogen and oxygen atoms in total. The van der Waals surface area contributed by atoms with E-state index >= 15 is 0 Å². The lowest BCUT2D eigenvalue weighted by atomic mass is 9.87. The second kappa shape index (κ2) is 8.97. The largest absolute Gasteiger partial charge is 0.333 e. The van der Waals surface area contributed by atoms with E-state index in [4.69, 9.17) is 0 Å². The zero-order valence-electron chi connectivity index (χ0n) is 18.4. The van der Waals surface area contributed by atoms with Gasteiger partial charge >= 0.3 is 6.03 Å². The molecule has 4 amide bonds. The zero-order chi connectivity index (χ0) is 23.6. The number of rotatable bonds is 7. The summed E-state index contributed by atoms with van der Waals surface area (Å²) in [5.41, 5.74) is 0.280. The van der Waals surface area contributed by atoms with Crippen molar-refractivity contribution < 1.29 is 22.8 Å². The van der Waals surface area contributed by atoms with Crippen molar-refractivity contribution in [1.29, 1.82) is 0 Å². The van der Waals surface area contributed by atoms with Crippen molar-refractivity contribution in [3.05, 3.63) is 71.8 Å². The maximum Gasteiger partial charge on any atom is 0.325 e. The summed E-state index contributed by atoms with van der Waals surface area (Å²) in [6, 6.07) is 17.1. The number of hydrogen-bond acceptors (Lipinski definition) is 5. The summed E-state index contributed by atoms with van der Waals surface area (Å²) in [7, 11) is -3.23. The monoisotopic (exact) mass is 469 g/mol. The molecule has 2 fully saturated rings. The molecule has 2 aliphatic rings. The van der Waals surface area contributed by atoms with Crippen LogP contribution in [0.3, 0.4) is 0 Å². The van der Waals surface area contributed by atoms with Crippen LogP contribution in [0.25, 0.3) is 0 Å². The predicted molar refractivity (Wildman–Crippen MR) is 123 cm³/mol. The van der Waals surface area contributed by atoms with Gasteiger partial charge in [0, 0.05) is 12.6 Å². The van der Waals surface area contributed by atoms with Crippen LogP contribution in [-0.4, -0.2) is 60.2 Å². The molecule has 2 aliphatic heterocycles. The van der Waals surface area contributed by atoms with Crippen LogP contribution in [0, 0.1) is 0 Å². The van der Waals surface area contributed by atoms with Crippen LogP contribution in [0.1, 0.15) is 30.9 Å². The quantitative estimate of drug-likeness (QED) is 0.625. The first kappa shape index (κ1) is 23.0. The molecule has 0 radical (unpaired) electrons. The number of nitrogens with zero attached hydrogens (tertiary/aromatic N) is 2. The summed E-state index contributed by atoms with van der Waals surface area (Å²) in [4.78, 5) is 42.0.